The molecule has 0 saturated carbocycles. The van der Waals surface area contributed by atoms with E-state index in [0.717, 1.165) is 5.69 Å². The summed E-state index contributed by atoms with van der Waals surface area (Å²) in [5, 5.41) is 21.5. The van der Waals surface area contributed by atoms with Crippen LogP contribution in [0.4, 0.5) is 11.4 Å². The molecule has 2 aromatic carbocycles. The number of hydrazine groups is 1. The first-order chi connectivity index (χ1) is 18.0. The van der Waals surface area contributed by atoms with Crippen molar-refractivity contribution in [3.8, 4) is 0 Å². The number of rotatable bonds is 7. The van der Waals surface area contributed by atoms with Crippen molar-refractivity contribution in [2.24, 2.45) is 0 Å². The molecule has 0 atom stereocenters. The van der Waals surface area contributed by atoms with E-state index in [-0.39, 0.29) is 23.7 Å². The van der Waals surface area contributed by atoms with Gasteiger partial charge in [0.2, 0.25) is 0 Å². The Morgan fingerprint density at radius 3 is 2.03 bits per heavy atom. The summed E-state index contributed by atoms with van der Waals surface area (Å²) in [5.41, 5.74) is 2.21. The van der Waals surface area contributed by atoms with Crippen LogP contribution >= 0.6 is 0 Å². The Balaban J connectivity index is 1.81. The van der Waals surface area contributed by atoms with Gasteiger partial charge in [0.25, 0.3) is 11.8 Å². The van der Waals surface area contributed by atoms with E-state index in [1.165, 1.54) is 22.2 Å². The van der Waals surface area contributed by atoms with Crippen LogP contribution < -0.4 is 10.0 Å². The normalized spacial score (nSPS) is 15.2. The number of aliphatic hydroxyl groups is 2. The Labute approximate surface area is 221 Å². The number of para-hydroxylation sites is 1. The van der Waals surface area contributed by atoms with Gasteiger partial charge in [-0.05, 0) is 76.6 Å². The highest BCUT2D eigenvalue weighted by Gasteiger charge is 2.43. The topological polar surface area (TPSA) is 112 Å². The van der Waals surface area contributed by atoms with Gasteiger partial charge in [-0.25, -0.2) is 14.8 Å². The van der Waals surface area contributed by atoms with Crippen molar-refractivity contribution in [1.29, 1.82) is 0 Å². The summed E-state index contributed by atoms with van der Waals surface area (Å²) in [4.78, 5) is 40.1. The molecular formula is C29H31N3O6. The van der Waals surface area contributed by atoms with E-state index >= 15 is 0 Å². The number of hydrogen-bond donors (Lipinski definition) is 2. The molecule has 198 valence electrons. The Hall–Kier alpha value is -4.21. The quantitative estimate of drug-likeness (QED) is 0.214. The SMILES string of the molecule is CCOC(=O)C(C)(C)n1c(C)cc(C=C2C(=O)N(c3ccccc3)N(c3ccc(C(O)O)cc3)C2=O)c1C. The number of anilines is 2. The number of amides is 2. The molecule has 9 heteroatoms. The van der Waals surface area contributed by atoms with Crippen molar-refractivity contribution in [2.75, 3.05) is 16.6 Å². The summed E-state index contributed by atoms with van der Waals surface area (Å²) < 4.78 is 7.11. The molecule has 1 saturated heterocycles. The predicted octanol–water partition coefficient (Wildman–Crippen LogP) is 3.76. The summed E-state index contributed by atoms with van der Waals surface area (Å²) >= 11 is 0. The van der Waals surface area contributed by atoms with Crippen LogP contribution in [0.1, 0.15) is 49.6 Å². The Morgan fingerprint density at radius 2 is 1.50 bits per heavy atom. The molecule has 1 fully saturated rings. The zero-order valence-electron chi connectivity index (χ0n) is 22.0. The number of hydrogen-bond acceptors (Lipinski definition) is 6. The van der Waals surface area contributed by atoms with Crippen molar-refractivity contribution in [2.45, 2.75) is 46.4 Å². The standard InChI is InChI=1S/C29H31N3O6/c1-6-38-28(37)29(4,5)30-18(2)16-21(19(30)3)17-24-25(33)31(22-10-8-7-9-11-22)32(26(24)34)23-14-12-20(13-15-23)27(35)36/h7-17,27,35-36H,6H2,1-5H3. The average Bonchev–Trinajstić information content (AvgIpc) is 3.31. The number of aromatic nitrogens is 1. The second-order valence-electron chi connectivity index (χ2n) is 9.53. The first-order valence-electron chi connectivity index (χ1n) is 12.3. The molecule has 0 aliphatic carbocycles. The maximum atomic E-state index is 13.7. The summed E-state index contributed by atoms with van der Waals surface area (Å²) in [5.74, 6) is -1.43. The van der Waals surface area contributed by atoms with Crippen LogP contribution in [-0.4, -0.2) is 39.2 Å². The van der Waals surface area contributed by atoms with Crippen LogP contribution in [0.5, 0.6) is 0 Å². The smallest absolute Gasteiger partial charge is 0.331 e. The maximum Gasteiger partial charge on any atom is 0.331 e. The first-order valence-corrected chi connectivity index (χ1v) is 12.3. The molecule has 38 heavy (non-hydrogen) atoms. The van der Waals surface area contributed by atoms with Gasteiger partial charge < -0.3 is 19.5 Å². The van der Waals surface area contributed by atoms with Crippen LogP contribution in [0.15, 0.2) is 66.2 Å². The minimum absolute atomic E-state index is 0.0469. The third-order valence-corrected chi connectivity index (χ3v) is 6.59. The van der Waals surface area contributed by atoms with Crippen molar-refractivity contribution in [3.63, 3.8) is 0 Å². The van der Waals surface area contributed by atoms with E-state index in [1.54, 1.807) is 63.2 Å². The van der Waals surface area contributed by atoms with Gasteiger partial charge in [-0.15, -0.1) is 0 Å². The highest BCUT2D eigenvalue weighted by Crippen LogP contribution is 2.34. The van der Waals surface area contributed by atoms with Gasteiger partial charge in [-0.2, -0.15) is 0 Å². The maximum absolute atomic E-state index is 13.7. The molecule has 9 nitrogen and oxygen atoms in total. The number of ether oxygens (including phenoxy) is 1. The van der Waals surface area contributed by atoms with E-state index < -0.39 is 23.6 Å². The molecular weight excluding hydrogens is 486 g/mol. The fraction of sp³-hybridized carbons (Fsp3) is 0.276. The molecule has 4 rings (SSSR count). The fourth-order valence-electron chi connectivity index (χ4n) is 4.80. The summed E-state index contributed by atoms with van der Waals surface area (Å²) in [6, 6.07) is 16.7. The molecule has 1 aliphatic heterocycles. The predicted molar refractivity (Wildman–Crippen MR) is 143 cm³/mol. The van der Waals surface area contributed by atoms with Gasteiger partial charge in [0.1, 0.15) is 11.1 Å². The molecule has 0 unspecified atom stereocenters. The van der Waals surface area contributed by atoms with Crippen LogP contribution in [-0.2, 0) is 24.7 Å². The van der Waals surface area contributed by atoms with E-state index in [9.17, 15) is 24.6 Å². The zero-order chi connectivity index (χ0) is 27.8. The average molecular weight is 518 g/mol. The summed E-state index contributed by atoms with van der Waals surface area (Å²) in [6.07, 6.45) is -0.109. The van der Waals surface area contributed by atoms with E-state index in [4.69, 9.17) is 4.74 Å². The number of aryl methyl sites for hydroxylation is 1. The van der Waals surface area contributed by atoms with Crippen LogP contribution in [0.2, 0.25) is 0 Å². The number of aliphatic hydroxyl groups excluding tert-OH is 1. The zero-order valence-corrected chi connectivity index (χ0v) is 22.0. The molecule has 1 aromatic heterocycles. The third-order valence-electron chi connectivity index (χ3n) is 6.59. The van der Waals surface area contributed by atoms with Crippen LogP contribution in [0.25, 0.3) is 6.08 Å². The van der Waals surface area contributed by atoms with Crippen LogP contribution in [0, 0.1) is 13.8 Å². The Kier molecular flexibility index (Phi) is 7.26. The molecule has 2 heterocycles. The molecule has 1 aliphatic rings. The molecule has 2 amide bonds. The second-order valence-corrected chi connectivity index (χ2v) is 9.53. The lowest BCUT2D eigenvalue weighted by molar-refractivity contribution is -0.152. The van der Waals surface area contributed by atoms with Crippen molar-refractivity contribution in [3.05, 3.63) is 88.8 Å². The lowest BCUT2D eigenvalue weighted by Crippen LogP contribution is -2.41. The van der Waals surface area contributed by atoms with Crippen molar-refractivity contribution in [1.82, 2.24) is 4.57 Å². The van der Waals surface area contributed by atoms with Crippen molar-refractivity contribution >= 4 is 35.2 Å². The van der Waals surface area contributed by atoms with Gasteiger partial charge in [0.05, 0.1) is 18.0 Å². The van der Waals surface area contributed by atoms with Crippen molar-refractivity contribution < 1.29 is 29.3 Å². The lowest BCUT2D eigenvalue weighted by Gasteiger charge is -2.28. The van der Waals surface area contributed by atoms with Gasteiger partial charge >= 0.3 is 5.97 Å². The van der Waals surface area contributed by atoms with E-state index in [1.807, 2.05) is 30.5 Å². The van der Waals surface area contributed by atoms with Gasteiger partial charge in [0.15, 0.2) is 6.29 Å². The first kappa shape index (κ1) is 26.8. The number of carbonyl (C=O) groups is 3. The van der Waals surface area contributed by atoms with Crippen LogP contribution in [0.3, 0.4) is 0 Å². The molecule has 2 N–H and O–H groups in total. The Bertz CT molecular complexity index is 1400. The summed E-state index contributed by atoms with van der Waals surface area (Å²) in [6.45, 7) is 9.22. The Morgan fingerprint density at radius 1 is 0.947 bits per heavy atom. The molecule has 3 aromatic rings. The number of esters is 1. The molecule has 0 radical (unpaired) electrons. The van der Waals surface area contributed by atoms with Gasteiger partial charge in [0, 0.05) is 17.0 Å². The third kappa shape index (κ3) is 4.62. The highest BCUT2D eigenvalue weighted by atomic mass is 16.5. The second kappa shape index (κ2) is 10.3. The monoisotopic (exact) mass is 517 g/mol. The minimum Gasteiger partial charge on any atom is -0.464 e. The number of carbonyl (C=O) groups excluding carboxylic acids is 3. The van der Waals surface area contributed by atoms with E-state index in [2.05, 4.69) is 0 Å². The molecule has 0 spiro atoms. The van der Waals surface area contributed by atoms with Gasteiger partial charge in [-0.3, -0.25) is 9.59 Å². The van der Waals surface area contributed by atoms with Gasteiger partial charge in [-0.1, -0.05) is 30.3 Å². The van der Waals surface area contributed by atoms with E-state index in [0.29, 0.717) is 22.6 Å². The lowest BCUT2D eigenvalue weighted by atomic mass is 10.0. The highest BCUT2D eigenvalue weighted by molar-refractivity contribution is 6.38. The summed E-state index contributed by atoms with van der Waals surface area (Å²) in [7, 11) is 0. The minimum atomic E-state index is -1.66. The largest absolute Gasteiger partial charge is 0.464 e. The number of nitrogens with zero attached hydrogens (tertiary/aromatic N) is 3. The molecule has 0 bridgehead atoms. The fourth-order valence-corrected chi connectivity index (χ4v) is 4.80. The number of benzene rings is 2.